The summed E-state index contributed by atoms with van der Waals surface area (Å²) in [7, 11) is 0. The molecule has 0 N–H and O–H groups in total. The van der Waals surface area contributed by atoms with Gasteiger partial charge < -0.3 is 0 Å². The highest BCUT2D eigenvalue weighted by atomic mass is 14.2. The molecule has 0 heteroatoms. The van der Waals surface area contributed by atoms with Crippen LogP contribution in [-0.2, 0) is 12.8 Å². The number of hydrogen-bond acceptors (Lipinski definition) is 0. The van der Waals surface area contributed by atoms with E-state index in [0.717, 1.165) is 19.3 Å². The van der Waals surface area contributed by atoms with Crippen LogP contribution in [0.15, 0.2) is 55.1 Å². The molecule has 0 bridgehead atoms. The van der Waals surface area contributed by atoms with E-state index in [-0.39, 0.29) is 0 Å². The largest absolute Gasteiger partial charge is 0.103 e. The predicted octanol–water partition coefficient (Wildman–Crippen LogP) is 4.38. The Labute approximate surface area is 103 Å². The minimum atomic E-state index is 1.05. The Kier molecular flexibility index (Phi) is 2.56. The quantitative estimate of drug-likeness (QED) is 0.575. The van der Waals surface area contributed by atoms with Crippen LogP contribution in [0, 0.1) is 0 Å². The Hall–Kier alpha value is -1.82. The number of benzene rings is 2. The van der Waals surface area contributed by atoms with Crippen LogP contribution in [0.1, 0.15) is 23.1 Å². The second kappa shape index (κ2) is 4.21. The molecular weight excluding hydrogens is 204 g/mol. The van der Waals surface area contributed by atoms with Gasteiger partial charge in [0.1, 0.15) is 0 Å². The van der Waals surface area contributed by atoms with Crippen molar-refractivity contribution in [3.05, 3.63) is 71.8 Å². The topological polar surface area (TPSA) is 0 Å². The maximum absolute atomic E-state index is 3.81. The minimum absolute atomic E-state index is 1.05. The number of hydrogen-bond donors (Lipinski definition) is 0. The van der Waals surface area contributed by atoms with Gasteiger partial charge in [0.15, 0.2) is 0 Å². The first-order chi connectivity index (χ1) is 8.40. The van der Waals surface area contributed by atoms with Crippen molar-refractivity contribution in [3.8, 4) is 11.1 Å². The van der Waals surface area contributed by atoms with Crippen LogP contribution in [-0.4, -0.2) is 0 Å². The third kappa shape index (κ3) is 1.70. The van der Waals surface area contributed by atoms with E-state index in [1.54, 1.807) is 0 Å². The van der Waals surface area contributed by atoms with Crippen molar-refractivity contribution >= 4 is 0 Å². The van der Waals surface area contributed by atoms with Gasteiger partial charge in [-0.05, 0) is 47.1 Å². The molecule has 1 aliphatic rings. The summed E-state index contributed by atoms with van der Waals surface area (Å²) in [5.41, 5.74) is 7.32. The monoisotopic (exact) mass is 220 g/mol. The Morgan fingerprint density at radius 1 is 1.00 bits per heavy atom. The normalized spacial score (nSPS) is 12.0. The van der Waals surface area contributed by atoms with Gasteiger partial charge in [0, 0.05) is 0 Å². The van der Waals surface area contributed by atoms with Crippen LogP contribution < -0.4 is 0 Å². The molecule has 0 aromatic heterocycles. The third-order valence-corrected chi connectivity index (χ3v) is 3.52. The van der Waals surface area contributed by atoms with E-state index >= 15 is 0 Å². The first kappa shape index (κ1) is 10.3. The smallest absolute Gasteiger partial charge is 0.00134 e. The molecule has 0 nitrogen and oxygen atoms in total. The molecule has 2 aromatic rings. The van der Waals surface area contributed by atoms with E-state index in [9.17, 15) is 0 Å². The van der Waals surface area contributed by atoms with Gasteiger partial charge in [-0.1, -0.05) is 48.5 Å². The highest BCUT2D eigenvalue weighted by Gasteiger charge is 2.19. The Balaban J connectivity index is 2.12. The second-order valence-corrected chi connectivity index (χ2v) is 4.61. The van der Waals surface area contributed by atoms with Crippen molar-refractivity contribution in [3.63, 3.8) is 0 Å². The van der Waals surface area contributed by atoms with Crippen LogP contribution in [0.5, 0.6) is 0 Å². The number of allylic oxidation sites excluding steroid dienone is 1. The number of fused-ring (bicyclic) bond motifs is 3. The maximum Gasteiger partial charge on any atom is -0.00134 e. The van der Waals surface area contributed by atoms with Crippen molar-refractivity contribution in [1.82, 2.24) is 0 Å². The Morgan fingerprint density at radius 2 is 1.82 bits per heavy atom. The molecule has 0 radical (unpaired) electrons. The Morgan fingerprint density at radius 3 is 2.71 bits per heavy atom. The van der Waals surface area contributed by atoms with Crippen molar-refractivity contribution < 1.29 is 0 Å². The molecule has 1 aliphatic carbocycles. The fraction of sp³-hybridized carbons (Fsp3) is 0.176. The number of aryl methyl sites for hydroxylation is 1. The molecule has 3 rings (SSSR count). The molecule has 0 atom stereocenters. The fourth-order valence-electron chi connectivity index (χ4n) is 2.74. The molecule has 0 unspecified atom stereocenters. The lowest BCUT2D eigenvalue weighted by Crippen LogP contribution is -1.89. The summed E-state index contributed by atoms with van der Waals surface area (Å²) >= 11 is 0. The summed E-state index contributed by atoms with van der Waals surface area (Å²) in [4.78, 5) is 0. The lowest BCUT2D eigenvalue weighted by molar-refractivity contribution is 1.00. The minimum Gasteiger partial charge on any atom is -0.103 e. The number of rotatable bonds is 3. The van der Waals surface area contributed by atoms with Crippen LogP contribution in [0.2, 0.25) is 0 Å². The van der Waals surface area contributed by atoms with E-state index < -0.39 is 0 Å². The molecule has 0 saturated heterocycles. The van der Waals surface area contributed by atoms with E-state index in [0.29, 0.717) is 0 Å². The molecule has 0 fully saturated rings. The lowest BCUT2D eigenvalue weighted by atomic mass is 9.96. The highest BCUT2D eigenvalue weighted by Crippen LogP contribution is 2.39. The summed E-state index contributed by atoms with van der Waals surface area (Å²) in [6, 6.07) is 15.5. The molecule has 0 saturated carbocycles. The van der Waals surface area contributed by atoms with Crippen molar-refractivity contribution in [2.45, 2.75) is 19.3 Å². The van der Waals surface area contributed by atoms with E-state index in [2.05, 4.69) is 49.0 Å². The summed E-state index contributed by atoms with van der Waals surface area (Å²) in [5.74, 6) is 0. The van der Waals surface area contributed by atoms with Gasteiger partial charge in [0.25, 0.3) is 0 Å². The average Bonchev–Trinajstić information content (AvgIpc) is 2.75. The molecule has 0 heterocycles. The Bertz CT molecular complexity index is 564. The van der Waals surface area contributed by atoms with Gasteiger partial charge >= 0.3 is 0 Å². The van der Waals surface area contributed by atoms with Gasteiger partial charge in [-0.3, -0.25) is 0 Å². The molecular formula is C17H16. The van der Waals surface area contributed by atoms with E-state index in [1.807, 2.05) is 6.08 Å². The van der Waals surface area contributed by atoms with Crippen molar-refractivity contribution in [2.24, 2.45) is 0 Å². The van der Waals surface area contributed by atoms with Crippen molar-refractivity contribution in [2.75, 3.05) is 0 Å². The first-order valence-electron chi connectivity index (χ1n) is 6.20. The van der Waals surface area contributed by atoms with Crippen molar-refractivity contribution in [1.29, 1.82) is 0 Å². The summed E-state index contributed by atoms with van der Waals surface area (Å²) in [6.07, 6.45) is 5.24. The fourth-order valence-corrected chi connectivity index (χ4v) is 2.74. The summed E-state index contributed by atoms with van der Waals surface area (Å²) in [6.45, 7) is 3.81. The summed E-state index contributed by atoms with van der Waals surface area (Å²) in [5, 5.41) is 0. The van der Waals surface area contributed by atoms with E-state index in [4.69, 9.17) is 0 Å². The molecule has 84 valence electrons. The van der Waals surface area contributed by atoms with Crippen LogP contribution in [0.3, 0.4) is 0 Å². The molecule has 17 heavy (non-hydrogen) atoms. The average molecular weight is 220 g/mol. The van der Waals surface area contributed by atoms with Crippen LogP contribution >= 0.6 is 0 Å². The molecule has 2 aromatic carbocycles. The zero-order valence-electron chi connectivity index (χ0n) is 9.95. The van der Waals surface area contributed by atoms with Gasteiger partial charge in [0.05, 0.1) is 0 Å². The molecule has 0 amide bonds. The molecule has 0 spiro atoms. The SMILES string of the molecule is C=CCCc1cccc2c1-c1ccccc1C2. The van der Waals surface area contributed by atoms with Gasteiger partial charge in [-0.15, -0.1) is 6.58 Å². The van der Waals surface area contributed by atoms with Crippen LogP contribution in [0.4, 0.5) is 0 Å². The third-order valence-electron chi connectivity index (χ3n) is 3.52. The second-order valence-electron chi connectivity index (χ2n) is 4.61. The van der Waals surface area contributed by atoms with Gasteiger partial charge in [0.2, 0.25) is 0 Å². The lowest BCUT2D eigenvalue weighted by Gasteiger charge is -2.08. The summed E-state index contributed by atoms with van der Waals surface area (Å²) < 4.78 is 0. The zero-order valence-corrected chi connectivity index (χ0v) is 9.95. The molecule has 0 aliphatic heterocycles. The van der Waals surface area contributed by atoms with Gasteiger partial charge in [-0.25, -0.2) is 0 Å². The first-order valence-corrected chi connectivity index (χ1v) is 6.20. The maximum atomic E-state index is 3.81. The van der Waals surface area contributed by atoms with Gasteiger partial charge in [-0.2, -0.15) is 0 Å². The standard InChI is InChI=1S/C17H16/c1-2-3-7-13-9-6-10-15-12-14-8-4-5-11-16(14)17(13)15/h2,4-6,8-11H,1,3,7,12H2. The van der Waals surface area contributed by atoms with Crippen LogP contribution in [0.25, 0.3) is 11.1 Å². The predicted molar refractivity (Wildman–Crippen MR) is 73.2 cm³/mol. The highest BCUT2D eigenvalue weighted by molar-refractivity contribution is 5.79. The van der Waals surface area contributed by atoms with E-state index in [1.165, 1.54) is 27.8 Å². The zero-order chi connectivity index (χ0) is 11.7.